The van der Waals surface area contributed by atoms with Crippen LogP contribution in [-0.4, -0.2) is 47.8 Å². The molecule has 1 heterocycles. The summed E-state index contributed by atoms with van der Waals surface area (Å²) in [5, 5.41) is 3.49. The maximum Gasteiger partial charge on any atom is 0.339 e. The first-order valence-electron chi connectivity index (χ1n) is 10.9. The van der Waals surface area contributed by atoms with Crippen molar-refractivity contribution >= 4 is 40.1 Å². The SMILES string of the molecule is CCCCOc1ccc(C2=NC(C)(C)N=C2SCC(=O)Nc2ccccc2C(=O)OC)cc1. The van der Waals surface area contributed by atoms with Gasteiger partial charge in [-0.15, -0.1) is 0 Å². The number of para-hydroxylation sites is 1. The third-order valence-corrected chi connectivity index (χ3v) is 5.77. The summed E-state index contributed by atoms with van der Waals surface area (Å²) in [5.74, 6) is 0.196. The predicted octanol–water partition coefficient (Wildman–Crippen LogP) is 4.96. The van der Waals surface area contributed by atoms with E-state index in [9.17, 15) is 9.59 Å². The van der Waals surface area contributed by atoms with Crippen LogP contribution in [0.25, 0.3) is 0 Å². The summed E-state index contributed by atoms with van der Waals surface area (Å²) in [6.45, 7) is 6.68. The second kappa shape index (κ2) is 11.1. The van der Waals surface area contributed by atoms with Crippen molar-refractivity contribution in [3.8, 4) is 5.75 Å². The Kier molecular flexibility index (Phi) is 8.27. The first-order chi connectivity index (χ1) is 15.8. The molecule has 33 heavy (non-hydrogen) atoms. The fourth-order valence-corrected chi connectivity index (χ4v) is 4.11. The third kappa shape index (κ3) is 6.68. The molecule has 7 nitrogen and oxygen atoms in total. The lowest BCUT2D eigenvalue weighted by atomic mass is 10.1. The number of nitrogens with one attached hydrogen (secondary N) is 1. The summed E-state index contributed by atoms with van der Waals surface area (Å²) < 4.78 is 10.5. The number of thioether (sulfide) groups is 1. The van der Waals surface area contributed by atoms with Crippen LogP contribution in [0.5, 0.6) is 5.75 Å². The largest absolute Gasteiger partial charge is 0.494 e. The number of benzene rings is 2. The monoisotopic (exact) mass is 467 g/mol. The molecule has 3 rings (SSSR count). The first-order valence-corrected chi connectivity index (χ1v) is 11.8. The van der Waals surface area contributed by atoms with Gasteiger partial charge in [-0.25, -0.2) is 9.79 Å². The summed E-state index contributed by atoms with van der Waals surface area (Å²) in [4.78, 5) is 34.0. The summed E-state index contributed by atoms with van der Waals surface area (Å²) in [7, 11) is 1.31. The fourth-order valence-electron chi connectivity index (χ4n) is 3.18. The Morgan fingerprint density at radius 3 is 2.48 bits per heavy atom. The number of esters is 1. The van der Waals surface area contributed by atoms with Crippen molar-refractivity contribution in [2.75, 3.05) is 24.8 Å². The van der Waals surface area contributed by atoms with E-state index in [2.05, 4.69) is 17.2 Å². The van der Waals surface area contributed by atoms with Crippen molar-refractivity contribution in [3.05, 3.63) is 59.7 Å². The van der Waals surface area contributed by atoms with E-state index in [0.29, 0.717) is 22.9 Å². The normalized spacial score (nSPS) is 14.3. The number of anilines is 1. The van der Waals surface area contributed by atoms with Gasteiger partial charge < -0.3 is 14.8 Å². The highest BCUT2D eigenvalue weighted by Crippen LogP contribution is 2.28. The quantitative estimate of drug-likeness (QED) is 0.416. The molecule has 0 unspecified atom stereocenters. The average Bonchev–Trinajstić information content (AvgIpc) is 3.12. The first kappa shape index (κ1) is 24.5. The van der Waals surface area contributed by atoms with Crippen molar-refractivity contribution in [3.63, 3.8) is 0 Å². The Hall–Kier alpha value is -3.13. The van der Waals surface area contributed by atoms with Crippen LogP contribution in [0, 0.1) is 0 Å². The molecule has 0 spiro atoms. The van der Waals surface area contributed by atoms with Crippen LogP contribution in [0.1, 0.15) is 49.5 Å². The molecular formula is C25H29N3O4S. The molecule has 0 aromatic heterocycles. The van der Waals surface area contributed by atoms with Crippen LogP contribution in [0.4, 0.5) is 5.69 Å². The molecule has 0 saturated heterocycles. The van der Waals surface area contributed by atoms with Crippen LogP contribution in [0.3, 0.4) is 0 Å². The Balaban J connectivity index is 1.66. The van der Waals surface area contributed by atoms with Crippen molar-refractivity contribution < 1.29 is 19.1 Å². The molecule has 0 aliphatic carbocycles. The Labute approximate surface area is 198 Å². The number of aliphatic imine (C=N–C) groups is 2. The van der Waals surface area contributed by atoms with Gasteiger partial charge in [-0.2, -0.15) is 0 Å². The molecule has 2 aromatic carbocycles. The minimum atomic E-state index is -0.595. The molecule has 1 aliphatic rings. The van der Waals surface area contributed by atoms with Crippen LogP contribution < -0.4 is 10.1 Å². The molecule has 0 atom stereocenters. The van der Waals surface area contributed by atoms with Gasteiger partial charge >= 0.3 is 5.97 Å². The molecule has 1 amide bonds. The predicted molar refractivity (Wildman–Crippen MR) is 134 cm³/mol. The van der Waals surface area contributed by atoms with Gasteiger partial charge in [-0.05, 0) is 56.7 Å². The number of unbranched alkanes of at least 4 members (excludes halogenated alkanes) is 1. The standard InChI is InChI=1S/C25H29N3O4S/c1-5-6-15-32-18-13-11-17(12-14-18)22-23(28-25(2,3)27-22)33-16-21(29)26-20-10-8-7-9-19(20)24(30)31-4/h7-14H,5-6,15-16H2,1-4H3,(H,26,29). The molecule has 2 aromatic rings. The van der Waals surface area contributed by atoms with Crippen LogP contribution in [-0.2, 0) is 9.53 Å². The number of hydrogen-bond donors (Lipinski definition) is 1. The van der Waals surface area contributed by atoms with E-state index in [4.69, 9.17) is 14.5 Å². The van der Waals surface area contributed by atoms with Crippen LogP contribution in [0.2, 0.25) is 0 Å². The van der Waals surface area contributed by atoms with Gasteiger partial charge in [0.1, 0.15) is 16.5 Å². The molecule has 8 heteroatoms. The lowest BCUT2D eigenvalue weighted by molar-refractivity contribution is -0.113. The number of methoxy groups -OCH3 is 1. The molecule has 1 N–H and O–H groups in total. The Bertz CT molecular complexity index is 1060. The molecule has 0 radical (unpaired) electrons. The Morgan fingerprint density at radius 2 is 1.79 bits per heavy atom. The number of rotatable bonds is 9. The highest BCUT2D eigenvalue weighted by Gasteiger charge is 2.28. The fraction of sp³-hybridized carbons (Fsp3) is 0.360. The number of amides is 1. The molecule has 0 fully saturated rings. The summed E-state index contributed by atoms with van der Waals surface area (Å²) in [6, 6.07) is 14.5. The smallest absolute Gasteiger partial charge is 0.339 e. The highest BCUT2D eigenvalue weighted by atomic mass is 32.2. The van der Waals surface area contributed by atoms with Gasteiger partial charge in [0.2, 0.25) is 5.91 Å². The maximum atomic E-state index is 12.6. The lowest BCUT2D eigenvalue weighted by Crippen LogP contribution is -2.19. The van der Waals surface area contributed by atoms with Gasteiger partial charge in [-0.3, -0.25) is 9.79 Å². The van der Waals surface area contributed by atoms with E-state index < -0.39 is 11.6 Å². The number of hydrogen-bond acceptors (Lipinski definition) is 7. The van der Waals surface area contributed by atoms with E-state index in [1.165, 1.54) is 18.9 Å². The van der Waals surface area contributed by atoms with E-state index in [1.807, 2.05) is 38.1 Å². The molecule has 1 aliphatic heterocycles. The number of ether oxygens (including phenoxy) is 2. The van der Waals surface area contributed by atoms with Crippen LogP contribution in [0.15, 0.2) is 58.5 Å². The van der Waals surface area contributed by atoms with Gasteiger partial charge in [0.15, 0.2) is 0 Å². The lowest BCUT2D eigenvalue weighted by Gasteiger charge is -2.10. The third-order valence-electron chi connectivity index (χ3n) is 4.80. The van der Waals surface area contributed by atoms with Crippen LogP contribution >= 0.6 is 11.8 Å². The number of carbonyl (C=O) groups excluding carboxylic acids is 2. The van der Waals surface area contributed by atoms with Crippen molar-refractivity contribution in [2.24, 2.45) is 9.98 Å². The van der Waals surface area contributed by atoms with Crippen molar-refractivity contribution in [1.29, 1.82) is 0 Å². The van der Waals surface area contributed by atoms with Gasteiger partial charge in [0.25, 0.3) is 0 Å². The number of nitrogens with zero attached hydrogens (tertiary/aromatic N) is 2. The Morgan fingerprint density at radius 1 is 1.06 bits per heavy atom. The second-order valence-electron chi connectivity index (χ2n) is 7.97. The van der Waals surface area contributed by atoms with E-state index in [0.717, 1.165) is 29.9 Å². The second-order valence-corrected chi connectivity index (χ2v) is 8.94. The summed E-state index contributed by atoms with van der Waals surface area (Å²) >= 11 is 1.32. The van der Waals surface area contributed by atoms with E-state index >= 15 is 0 Å². The van der Waals surface area contributed by atoms with Gasteiger partial charge in [0, 0.05) is 5.56 Å². The molecular weight excluding hydrogens is 438 g/mol. The molecule has 0 saturated carbocycles. The van der Waals surface area contributed by atoms with E-state index in [1.54, 1.807) is 24.3 Å². The topological polar surface area (TPSA) is 89.4 Å². The minimum absolute atomic E-state index is 0.127. The average molecular weight is 468 g/mol. The number of carbonyl (C=O) groups is 2. The molecule has 174 valence electrons. The zero-order valence-electron chi connectivity index (χ0n) is 19.4. The summed E-state index contributed by atoms with van der Waals surface area (Å²) in [5.41, 5.74) is 1.80. The van der Waals surface area contributed by atoms with E-state index in [-0.39, 0.29) is 11.7 Å². The minimum Gasteiger partial charge on any atom is -0.494 e. The van der Waals surface area contributed by atoms with Gasteiger partial charge in [0.05, 0.1) is 36.4 Å². The molecule has 0 bridgehead atoms. The maximum absolute atomic E-state index is 12.6. The van der Waals surface area contributed by atoms with Crippen molar-refractivity contribution in [1.82, 2.24) is 0 Å². The zero-order chi connectivity index (χ0) is 23.8. The summed E-state index contributed by atoms with van der Waals surface area (Å²) in [6.07, 6.45) is 2.10. The zero-order valence-corrected chi connectivity index (χ0v) is 20.2. The highest BCUT2D eigenvalue weighted by molar-refractivity contribution is 8.16. The van der Waals surface area contributed by atoms with Gasteiger partial charge in [-0.1, -0.05) is 37.2 Å². The van der Waals surface area contributed by atoms with Crippen molar-refractivity contribution in [2.45, 2.75) is 39.3 Å².